The Morgan fingerprint density at radius 1 is 1.44 bits per heavy atom. The minimum absolute atomic E-state index is 0.602. The van der Waals surface area contributed by atoms with Gasteiger partial charge in [0.25, 0.3) is 0 Å². The first-order chi connectivity index (χ1) is 8.77. The topological polar surface area (TPSA) is 30.7 Å². The molecule has 0 atom stereocenters. The van der Waals surface area contributed by atoms with Gasteiger partial charge >= 0.3 is 0 Å². The first-order valence-electron chi connectivity index (χ1n) is 6.13. The fourth-order valence-corrected chi connectivity index (χ4v) is 2.65. The van der Waals surface area contributed by atoms with Crippen LogP contribution in [0.3, 0.4) is 0 Å². The molecule has 2 heterocycles. The van der Waals surface area contributed by atoms with E-state index >= 15 is 0 Å². The largest absolute Gasteiger partial charge is 0.313 e. The second kappa shape index (κ2) is 6.43. The minimum Gasteiger partial charge on any atom is -0.313 e. The summed E-state index contributed by atoms with van der Waals surface area (Å²) in [7, 11) is 0. The molecule has 0 aliphatic rings. The average Bonchev–Trinajstić information content (AvgIpc) is 2.70. The van der Waals surface area contributed by atoms with E-state index in [9.17, 15) is 0 Å². The molecule has 5 heteroatoms. The van der Waals surface area contributed by atoms with Crippen molar-refractivity contribution in [3.05, 3.63) is 23.7 Å². The number of aryl methyl sites for hydroxylation is 3. The number of thioether (sulfide) groups is 1. The molecule has 0 aliphatic heterocycles. The van der Waals surface area contributed by atoms with E-state index in [-0.39, 0.29) is 0 Å². The number of fused-ring (bicyclic) bond motifs is 1. The van der Waals surface area contributed by atoms with Gasteiger partial charge in [0.05, 0.1) is 0 Å². The van der Waals surface area contributed by atoms with E-state index in [2.05, 4.69) is 27.7 Å². The third kappa shape index (κ3) is 2.81. The Labute approximate surface area is 117 Å². The summed E-state index contributed by atoms with van der Waals surface area (Å²) >= 11 is 7.73. The number of aromatic nitrogens is 3. The van der Waals surface area contributed by atoms with Crippen LogP contribution in [0.15, 0.2) is 12.3 Å². The van der Waals surface area contributed by atoms with Gasteiger partial charge in [-0.15, -0.1) is 11.6 Å². The van der Waals surface area contributed by atoms with Gasteiger partial charge in [0.15, 0.2) is 5.65 Å². The monoisotopic (exact) mass is 283 g/mol. The van der Waals surface area contributed by atoms with Crippen molar-refractivity contribution in [1.29, 1.82) is 0 Å². The first-order valence-corrected chi connectivity index (χ1v) is 8.06. The molecular weight excluding hydrogens is 266 g/mol. The van der Waals surface area contributed by atoms with Crippen molar-refractivity contribution < 1.29 is 0 Å². The number of nitrogens with zero attached hydrogens (tertiary/aromatic N) is 3. The summed E-state index contributed by atoms with van der Waals surface area (Å²) in [5.41, 5.74) is 3.19. The lowest BCUT2D eigenvalue weighted by molar-refractivity contribution is 0.660. The van der Waals surface area contributed by atoms with Gasteiger partial charge in [0.2, 0.25) is 0 Å². The Bertz CT molecular complexity index is 524. The third-order valence-electron chi connectivity index (χ3n) is 2.96. The van der Waals surface area contributed by atoms with E-state index in [4.69, 9.17) is 11.6 Å². The van der Waals surface area contributed by atoms with Crippen LogP contribution in [0.1, 0.15) is 17.8 Å². The summed E-state index contributed by atoms with van der Waals surface area (Å²) in [6.45, 7) is 3.05. The number of imidazole rings is 1. The van der Waals surface area contributed by atoms with Crippen molar-refractivity contribution in [2.75, 3.05) is 17.9 Å². The smallest absolute Gasteiger partial charge is 0.160 e. The fourth-order valence-electron chi connectivity index (χ4n) is 2.06. The lowest BCUT2D eigenvalue weighted by Gasteiger charge is -2.07. The van der Waals surface area contributed by atoms with Crippen LogP contribution < -0.4 is 0 Å². The molecule has 0 N–H and O–H groups in total. The van der Waals surface area contributed by atoms with E-state index in [0.717, 1.165) is 42.1 Å². The number of alkyl halides is 1. The molecule has 2 aromatic rings. The zero-order valence-corrected chi connectivity index (χ0v) is 12.4. The summed E-state index contributed by atoms with van der Waals surface area (Å²) in [5, 5.41) is 0. The van der Waals surface area contributed by atoms with Crippen LogP contribution in [0.5, 0.6) is 0 Å². The van der Waals surface area contributed by atoms with Crippen molar-refractivity contribution in [3.63, 3.8) is 0 Å². The normalized spacial score (nSPS) is 11.3. The van der Waals surface area contributed by atoms with Gasteiger partial charge in [-0.25, -0.2) is 9.97 Å². The van der Waals surface area contributed by atoms with Gasteiger partial charge < -0.3 is 4.57 Å². The van der Waals surface area contributed by atoms with Gasteiger partial charge in [-0.3, -0.25) is 0 Å². The Morgan fingerprint density at radius 2 is 2.28 bits per heavy atom. The molecule has 0 aliphatic carbocycles. The maximum absolute atomic E-state index is 5.86. The van der Waals surface area contributed by atoms with Crippen molar-refractivity contribution in [1.82, 2.24) is 14.5 Å². The van der Waals surface area contributed by atoms with E-state index in [1.165, 1.54) is 5.56 Å². The Balaban J connectivity index is 2.39. The average molecular weight is 284 g/mol. The lowest BCUT2D eigenvalue weighted by Crippen LogP contribution is -2.06. The molecular formula is C13H18ClN3S. The van der Waals surface area contributed by atoms with Crippen LogP contribution in [0.4, 0.5) is 0 Å². The maximum Gasteiger partial charge on any atom is 0.160 e. The SMILES string of the molecule is CSCCCn1c(CCCl)nc2c(C)ccnc21. The van der Waals surface area contributed by atoms with Crippen LogP contribution in [-0.2, 0) is 13.0 Å². The van der Waals surface area contributed by atoms with Crippen molar-refractivity contribution in [2.45, 2.75) is 26.3 Å². The Kier molecular flexibility index (Phi) is 4.89. The van der Waals surface area contributed by atoms with Crippen LogP contribution in [0.25, 0.3) is 11.2 Å². The molecule has 18 heavy (non-hydrogen) atoms. The second-order valence-corrected chi connectivity index (χ2v) is 5.63. The molecule has 3 nitrogen and oxygen atoms in total. The molecule has 0 radical (unpaired) electrons. The van der Waals surface area contributed by atoms with Crippen molar-refractivity contribution in [2.24, 2.45) is 0 Å². The van der Waals surface area contributed by atoms with Gasteiger partial charge in [0.1, 0.15) is 11.3 Å². The molecule has 98 valence electrons. The van der Waals surface area contributed by atoms with Gasteiger partial charge in [-0.1, -0.05) is 0 Å². The fraction of sp³-hybridized carbons (Fsp3) is 0.538. The molecule has 0 spiro atoms. The highest BCUT2D eigenvalue weighted by Gasteiger charge is 2.12. The highest BCUT2D eigenvalue weighted by atomic mass is 35.5. The van der Waals surface area contributed by atoms with Gasteiger partial charge in [-0.2, -0.15) is 11.8 Å². The molecule has 0 saturated carbocycles. The van der Waals surface area contributed by atoms with E-state index in [1.54, 1.807) is 0 Å². The predicted octanol–water partition coefficient (Wildman–Crippen LogP) is 3.27. The molecule has 0 amide bonds. The molecule has 0 bridgehead atoms. The van der Waals surface area contributed by atoms with Crippen LogP contribution in [0.2, 0.25) is 0 Å². The van der Waals surface area contributed by atoms with Gasteiger partial charge in [-0.05, 0) is 37.0 Å². The quantitative estimate of drug-likeness (QED) is 0.602. The third-order valence-corrected chi connectivity index (χ3v) is 3.85. The summed E-state index contributed by atoms with van der Waals surface area (Å²) in [6.07, 6.45) is 5.93. The molecule has 2 aromatic heterocycles. The van der Waals surface area contributed by atoms with Gasteiger partial charge in [0, 0.05) is 25.0 Å². The number of rotatable bonds is 6. The van der Waals surface area contributed by atoms with Crippen LogP contribution in [-0.4, -0.2) is 32.4 Å². The number of hydrogen-bond donors (Lipinski definition) is 0. The maximum atomic E-state index is 5.86. The summed E-state index contributed by atoms with van der Waals surface area (Å²) < 4.78 is 2.22. The van der Waals surface area contributed by atoms with Crippen LogP contribution in [0, 0.1) is 6.92 Å². The highest BCUT2D eigenvalue weighted by molar-refractivity contribution is 7.98. The Morgan fingerprint density at radius 3 is 3.00 bits per heavy atom. The summed E-state index contributed by atoms with van der Waals surface area (Å²) in [6, 6.07) is 2.01. The van der Waals surface area contributed by atoms with E-state index in [0.29, 0.717) is 5.88 Å². The van der Waals surface area contributed by atoms with E-state index in [1.807, 2.05) is 24.0 Å². The number of pyridine rings is 1. The summed E-state index contributed by atoms with van der Waals surface area (Å²) in [4.78, 5) is 9.16. The molecule has 0 aromatic carbocycles. The molecule has 0 unspecified atom stereocenters. The number of halogens is 1. The van der Waals surface area contributed by atoms with Crippen molar-refractivity contribution in [3.8, 4) is 0 Å². The molecule has 2 rings (SSSR count). The highest BCUT2D eigenvalue weighted by Crippen LogP contribution is 2.18. The Hall–Kier alpha value is -0.740. The molecule has 0 fully saturated rings. The second-order valence-electron chi connectivity index (χ2n) is 4.27. The first kappa shape index (κ1) is 13.7. The van der Waals surface area contributed by atoms with Crippen molar-refractivity contribution >= 4 is 34.5 Å². The predicted molar refractivity (Wildman–Crippen MR) is 79.7 cm³/mol. The van der Waals surface area contributed by atoms with E-state index < -0.39 is 0 Å². The zero-order chi connectivity index (χ0) is 13.0. The van der Waals surface area contributed by atoms with Crippen LogP contribution >= 0.6 is 23.4 Å². The zero-order valence-electron chi connectivity index (χ0n) is 10.8. The summed E-state index contributed by atoms with van der Waals surface area (Å²) in [5.74, 6) is 2.82. The molecule has 0 saturated heterocycles. The lowest BCUT2D eigenvalue weighted by atomic mass is 10.3. The minimum atomic E-state index is 0.602. The standard InChI is InChI=1S/C13H18ClN3S/c1-10-5-7-15-13-12(10)16-11(4-6-14)17(13)8-3-9-18-2/h5,7H,3-4,6,8-9H2,1-2H3. The number of hydrogen-bond acceptors (Lipinski definition) is 3.